The Morgan fingerprint density at radius 3 is 2.83 bits per heavy atom. The number of aryl methyl sites for hydroxylation is 1. The van der Waals surface area contributed by atoms with Crippen LogP contribution in [0.2, 0.25) is 0 Å². The molecule has 0 atom stereocenters. The molecule has 0 aliphatic rings. The van der Waals surface area contributed by atoms with Crippen LogP contribution in [0.4, 0.5) is 5.69 Å². The standard InChI is InChI=1S/C16H23N7O/c1-4-17-16(19-10-15-20-11-21-23(15)3)18-9-13-6-5-7-14(8-13)22-12(2)24/h5-8,11H,4,9-10H2,1-3H3,(H,22,24)(H2,17,18,19). The minimum Gasteiger partial charge on any atom is -0.357 e. The first-order valence-electron chi connectivity index (χ1n) is 7.80. The number of anilines is 1. The minimum absolute atomic E-state index is 0.0886. The summed E-state index contributed by atoms with van der Waals surface area (Å²) in [7, 11) is 1.85. The van der Waals surface area contributed by atoms with Crippen LogP contribution < -0.4 is 16.0 Å². The van der Waals surface area contributed by atoms with Crippen molar-refractivity contribution in [1.82, 2.24) is 25.4 Å². The van der Waals surface area contributed by atoms with E-state index in [2.05, 4.69) is 31.0 Å². The Kier molecular flexibility index (Phi) is 6.30. The van der Waals surface area contributed by atoms with Crippen molar-refractivity contribution in [3.05, 3.63) is 42.0 Å². The summed E-state index contributed by atoms with van der Waals surface area (Å²) in [5.41, 5.74) is 1.78. The number of guanidine groups is 1. The van der Waals surface area contributed by atoms with E-state index in [-0.39, 0.29) is 5.91 Å². The number of nitrogens with one attached hydrogen (secondary N) is 3. The van der Waals surface area contributed by atoms with Crippen LogP contribution in [0, 0.1) is 0 Å². The molecule has 24 heavy (non-hydrogen) atoms. The van der Waals surface area contributed by atoms with Crippen LogP contribution >= 0.6 is 0 Å². The van der Waals surface area contributed by atoms with Gasteiger partial charge in [0.2, 0.25) is 5.91 Å². The van der Waals surface area contributed by atoms with Crippen LogP contribution in [0.25, 0.3) is 0 Å². The highest BCUT2D eigenvalue weighted by molar-refractivity contribution is 5.88. The van der Waals surface area contributed by atoms with E-state index in [1.807, 2.05) is 38.2 Å². The fourth-order valence-corrected chi connectivity index (χ4v) is 2.11. The summed E-state index contributed by atoms with van der Waals surface area (Å²) < 4.78 is 1.72. The van der Waals surface area contributed by atoms with E-state index in [1.54, 1.807) is 4.68 Å². The molecule has 2 rings (SSSR count). The molecule has 128 valence electrons. The summed E-state index contributed by atoms with van der Waals surface area (Å²) in [6.07, 6.45) is 1.52. The lowest BCUT2D eigenvalue weighted by molar-refractivity contribution is -0.114. The zero-order chi connectivity index (χ0) is 17.4. The van der Waals surface area contributed by atoms with Crippen LogP contribution in [0.15, 0.2) is 35.6 Å². The lowest BCUT2D eigenvalue weighted by Crippen LogP contribution is -2.37. The zero-order valence-electron chi connectivity index (χ0n) is 14.2. The van der Waals surface area contributed by atoms with Crippen molar-refractivity contribution in [2.24, 2.45) is 12.0 Å². The first kappa shape index (κ1) is 17.5. The van der Waals surface area contributed by atoms with Crippen molar-refractivity contribution in [3.63, 3.8) is 0 Å². The molecule has 8 nitrogen and oxygen atoms in total. The highest BCUT2D eigenvalue weighted by atomic mass is 16.1. The molecule has 2 aromatic rings. The summed E-state index contributed by atoms with van der Waals surface area (Å²) in [5, 5.41) is 13.2. The molecule has 0 radical (unpaired) electrons. The topological polar surface area (TPSA) is 96.2 Å². The van der Waals surface area contributed by atoms with Gasteiger partial charge in [-0.1, -0.05) is 12.1 Å². The van der Waals surface area contributed by atoms with Crippen molar-refractivity contribution in [3.8, 4) is 0 Å². The van der Waals surface area contributed by atoms with Gasteiger partial charge in [-0.25, -0.2) is 9.98 Å². The van der Waals surface area contributed by atoms with Crippen molar-refractivity contribution < 1.29 is 4.79 Å². The molecule has 0 unspecified atom stereocenters. The molecular weight excluding hydrogens is 306 g/mol. The third-order valence-electron chi connectivity index (χ3n) is 3.23. The number of nitrogens with zero attached hydrogens (tertiary/aromatic N) is 4. The van der Waals surface area contributed by atoms with Gasteiger partial charge >= 0.3 is 0 Å². The Bertz CT molecular complexity index is 708. The number of amides is 1. The van der Waals surface area contributed by atoms with Gasteiger partial charge in [0, 0.05) is 26.2 Å². The van der Waals surface area contributed by atoms with Gasteiger partial charge in [-0.3, -0.25) is 9.48 Å². The van der Waals surface area contributed by atoms with E-state index < -0.39 is 0 Å². The Labute approximate surface area is 141 Å². The van der Waals surface area contributed by atoms with Crippen molar-refractivity contribution in [1.29, 1.82) is 0 Å². The summed E-state index contributed by atoms with van der Waals surface area (Å²) in [6, 6.07) is 7.64. The van der Waals surface area contributed by atoms with Crippen LogP contribution in [-0.2, 0) is 24.9 Å². The first-order chi connectivity index (χ1) is 11.6. The molecular formula is C16H23N7O. The molecule has 3 N–H and O–H groups in total. The Morgan fingerprint density at radius 2 is 2.17 bits per heavy atom. The van der Waals surface area contributed by atoms with E-state index in [0.717, 1.165) is 23.6 Å². The van der Waals surface area contributed by atoms with Crippen LogP contribution in [-0.4, -0.2) is 33.2 Å². The highest BCUT2D eigenvalue weighted by Gasteiger charge is 2.03. The second-order valence-electron chi connectivity index (χ2n) is 5.23. The fraction of sp³-hybridized carbons (Fsp3) is 0.375. The van der Waals surface area contributed by atoms with Gasteiger partial charge in [0.1, 0.15) is 12.2 Å². The van der Waals surface area contributed by atoms with Gasteiger partial charge in [0.15, 0.2) is 5.96 Å². The molecule has 0 saturated heterocycles. The van der Waals surface area contributed by atoms with Crippen LogP contribution in [0.5, 0.6) is 0 Å². The third-order valence-corrected chi connectivity index (χ3v) is 3.23. The molecule has 0 saturated carbocycles. The lowest BCUT2D eigenvalue weighted by atomic mass is 10.2. The molecule has 0 aliphatic heterocycles. The SMILES string of the molecule is CCNC(=NCc1cccc(NC(C)=O)c1)NCc1ncnn1C. The van der Waals surface area contributed by atoms with Gasteiger partial charge < -0.3 is 16.0 Å². The number of rotatable bonds is 6. The number of aromatic nitrogens is 3. The van der Waals surface area contributed by atoms with E-state index in [9.17, 15) is 4.79 Å². The third kappa shape index (κ3) is 5.38. The lowest BCUT2D eigenvalue weighted by Gasteiger charge is -2.11. The van der Waals surface area contributed by atoms with Crippen LogP contribution in [0.3, 0.4) is 0 Å². The maximum atomic E-state index is 11.1. The number of hydrogen-bond donors (Lipinski definition) is 3. The summed E-state index contributed by atoms with van der Waals surface area (Å²) in [6.45, 7) is 5.30. The normalized spacial score (nSPS) is 11.2. The molecule has 1 aromatic carbocycles. The number of aliphatic imine (C=N–C) groups is 1. The molecule has 0 spiro atoms. The summed E-state index contributed by atoms with van der Waals surface area (Å²) in [5.74, 6) is 1.44. The average Bonchev–Trinajstić information content (AvgIpc) is 2.95. The number of benzene rings is 1. The molecule has 1 amide bonds. The van der Waals surface area contributed by atoms with Gasteiger partial charge in [0.25, 0.3) is 0 Å². The number of hydrogen-bond acceptors (Lipinski definition) is 4. The van der Waals surface area contributed by atoms with Crippen molar-refractivity contribution in [2.75, 3.05) is 11.9 Å². The fourth-order valence-electron chi connectivity index (χ4n) is 2.11. The predicted molar refractivity (Wildman–Crippen MR) is 93.4 cm³/mol. The number of carbonyl (C=O) groups excluding carboxylic acids is 1. The van der Waals surface area contributed by atoms with E-state index >= 15 is 0 Å². The van der Waals surface area contributed by atoms with E-state index in [4.69, 9.17) is 0 Å². The molecule has 0 bridgehead atoms. The minimum atomic E-state index is -0.0886. The van der Waals surface area contributed by atoms with Crippen molar-refractivity contribution in [2.45, 2.75) is 26.9 Å². The zero-order valence-corrected chi connectivity index (χ0v) is 14.2. The smallest absolute Gasteiger partial charge is 0.221 e. The van der Waals surface area contributed by atoms with E-state index in [1.165, 1.54) is 13.3 Å². The monoisotopic (exact) mass is 329 g/mol. The van der Waals surface area contributed by atoms with Gasteiger partial charge in [-0.15, -0.1) is 0 Å². The Balaban J connectivity index is 1.99. The average molecular weight is 329 g/mol. The Hall–Kier alpha value is -2.90. The van der Waals surface area contributed by atoms with Gasteiger partial charge in [0.05, 0.1) is 13.1 Å². The Morgan fingerprint density at radius 1 is 1.33 bits per heavy atom. The number of carbonyl (C=O) groups is 1. The summed E-state index contributed by atoms with van der Waals surface area (Å²) in [4.78, 5) is 19.9. The second kappa shape index (κ2) is 8.66. The largest absolute Gasteiger partial charge is 0.357 e. The van der Waals surface area contributed by atoms with Gasteiger partial charge in [-0.2, -0.15) is 5.10 Å². The predicted octanol–water partition coefficient (Wildman–Crippen LogP) is 1.03. The van der Waals surface area contributed by atoms with Crippen LogP contribution in [0.1, 0.15) is 25.2 Å². The quantitative estimate of drug-likeness (QED) is 0.543. The van der Waals surface area contributed by atoms with Crippen molar-refractivity contribution >= 4 is 17.6 Å². The van der Waals surface area contributed by atoms with Gasteiger partial charge in [-0.05, 0) is 24.6 Å². The second-order valence-corrected chi connectivity index (χ2v) is 5.23. The maximum Gasteiger partial charge on any atom is 0.221 e. The molecule has 8 heteroatoms. The molecule has 0 aliphatic carbocycles. The molecule has 1 heterocycles. The molecule has 0 fully saturated rings. The van der Waals surface area contributed by atoms with E-state index in [0.29, 0.717) is 19.0 Å². The first-order valence-corrected chi connectivity index (χ1v) is 7.80. The molecule has 1 aromatic heterocycles. The summed E-state index contributed by atoms with van der Waals surface area (Å²) >= 11 is 0. The highest BCUT2D eigenvalue weighted by Crippen LogP contribution is 2.11. The maximum absolute atomic E-state index is 11.1.